The molecule has 2 N–H and O–H groups in total. The molecule has 1 saturated heterocycles. The van der Waals surface area contributed by atoms with E-state index in [2.05, 4.69) is 24.8 Å². The van der Waals surface area contributed by atoms with Crippen LogP contribution in [0.25, 0.3) is 0 Å². The topological polar surface area (TPSA) is 78.8 Å². The number of H-pyrrole nitrogens is 1. The molecule has 0 unspecified atom stereocenters. The molecule has 3 heterocycles. The van der Waals surface area contributed by atoms with Gasteiger partial charge in [-0.1, -0.05) is 0 Å². The van der Waals surface area contributed by atoms with Gasteiger partial charge < -0.3 is 19.8 Å². The summed E-state index contributed by atoms with van der Waals surface area (Å²) in [7, 11) is 0. The van der Waals surface area contributed by atoms with Crippen LogP contribution >= 0.6 is 0 Å². The van der Waals surface area contributed by atoms with Gasteiger partial charge in [-0.2, -0.15) is 0 Å². The maximum atomic E-state index is 12.5. The third-order valence-electron chi connectivity index (χ3n) is 4.33. The largest absolute Gasteiger partial charge is 0.345 e. The van der Waals surface area contributed by atoms with Gasteiger partial charge in [0.25, 0.3) is 0 Å². The molecule has 2 aromatic rings. The molecule has 1 aliphatic heterocycles. The van der Waals surface area contributed by atoms with Gasteiger partial charge >= 0.3 is 6.03 Å². The minimum atomic E-state index is 0.00869. The van der Waals surface area contributed by atoms with E-state index in [1.807, 2.05) is 24.3 Å². The molecule has 2 aromatic heterocycles. The van der Waals surface area contributed by atoms with Crippen molar-refractivity contribution in [2.45, 2.75) is 51.7 Å². The number of hydrogen-bond donors (Lipinski definition) is 2. The Morgan fingerprint density at radius 2 is 2.39 bits per heavy atom. The molecule has 0 aliphatic carbocycles. The minimum Gasteiger partial charge on any atom is -0.345 e. The molecule has 7 heteroatoms. The van der Waals surface area contributed by atoms with Crippen molar-refractivity contribution in [3.8, 4) is 0 Å². The van der Waals surface area contributed by atoms with Crippen LogP contribution in [-0.4, -0.2) is 43.0 Å². The average molecular weight is 316 g/mol. The molecular formula is C16H24N6O. The number of urea groups is 1. The van der Waals surface area contributed by atoms with E-state index in [0.717, 1.165) is 43.9 Å². The molecule has 124 valence electrons. The van der Waals surface area contributed by atoms with Crippen LogP contribution in [0, 0.1) is 6.92 Å². The molecule has 0 radical (unpaired) electrons. The van der Waals surface area contributed by atoms with E-state index in [0.29, 0.717) is 12.6 Å². The molecule has 1 atom stereocenters. The molecule has 1 aliphatic rings. The first-order chi connectivity index (χ1) is 11.2. The molecule has 0 spiro atoms. The van der Waals surface area contributed by atoms with E-state index in [1.54, 1.807) is 12.4 Å². The molecule has 23 heavy (non-hydrogen) atoms. The van der Waals surface area contributed by atoms with Gasteiger partial charge in [0.2, 0.25) is 0 Å². The van der Waals surface area contributed by atoms with Gasteiger partial charge in [-0.3, -0.25) is 0 Å². The van der Waals surface area contributed by atoms with Gasteiger partial charge in [-0.25, -0.2) is 14.8 Å². The number of rotatable bonds is 5. The maximum Gasteiger partial charge on any atom is 0.318 e. The second-order valence-electron chi connectivity index (χ2n) is 6.10. The third-order valence-corrected chi connectivity index (χ3v) is 4.33. The normalized spacial score (nSPS) is 18.1. The lowest BCUT2D eigenvalue weighted by Crippen LogP contribution is -2.48. The number of hydrogen-bond acceptors (Lipinski definition) is 3. The smallest absolute Gasteiger partial charge is 0.318 e. The summed E-state index contributed by atoms with van der Waals surface area (Å²) in [5, 5.41) is 2.98. The van der Waals surface area contributed by atoms with Crippen LogP contribution in [0.4, 0.5) is 4.79 Å². The lowest BCUT2D eigenvalue weighted by molar-refractivity contribution is 0.143. The van der Waals surface area contributed by atoms with Crippen molar-refractivity contribution >= 4 is 6.03 Å². The fraction of sp³-hybridized carbons (Fsp3) is 0.562. The first-order valence-corrected chi connectivity index (χ1v) is 8.23. The van der Waals surface area contributed by atoms with Gasteiger partial charge in [-0.05, 0) is 32.6 Å². The number of carbonyl (C=O) groups is 1. The lowest BCUT2D eigenvalue weighted by Gasteiger charge is -2.35. The zero-order valence-corrected chi connectivity index (χ0v) is 13.5. The summed E-state index contributed by atoms with van der Waals surface area (Å²) in [6, 6.07) is 0.305. The zero-order valence-electron chi connectivity index (χ0n) is 13.5. The van der Waals surface area contributed by atoms with Crippen molar-refractivity contribution in [2.75, 3.05) is 6.54 Å². The number of imidazole rings is 2. The summed E-state index contributed by atoms with van der Waals surface area (Å²) >= 11 is 0. The van der Waals surface area contributed by atoms with Crippen LogP contribution in [0.5, 0.6) is 0 Å². The molecule has 0 saturated carbocycles. The number of carbonyl (C=O) groups excluding carboxylic acids is 1. The number of aromatic nitrogens is 4. The average Bonchev–Trinajstić information content (AvgIpc) is 3.22. The standard InChI is InChI=1S/C16H24N6O/c1-13-10-18-15(20-13)11-19-16(23)22-7-3-2-4-14(22)5-8-21-9-6-17-12-21/h6,9-10,12,14H,2-5,7-8,11H2,1H3,(H,18,20)(H,19,23)/t14-/m1/s1. The molecule has 0 aromatic carbocycles. The van der Waals surface area contributed by atoms with Crippen molar-refractivity contribution in [3.05, 3.63) is 36.4 Å². The molecular weight excluding hydrogens is 292 g/mol. The maximum absolute atomic E-state index is 12.5. The number of nitrogens with one attached hydrogen (secondary N) is 2. The Labute approximate surface area is 136 Å². The first-order valence-electron chi connectivity index (χ1n) is 8.23. The summed E-state index contributed by atoms with van der Waals surface area (Å²) in [6.07, 6.45) is 11.7. The Hall–Kier alpha value is -2.31. The highest BCUT2D eigenvalue weighted by Gasteiger charge is 2.26. The van der Waals surface area contributed by atoms with Crippen molar-refractivity contribution in [2.24, 2.45) is 0 Å². The Kier molecular flexibility index (Phi) is 4.95. The predicted octanol–water partition coefficient (Wildman–Crippen LogP) is 2.07. The first kappa shape index (κ1) is 15.6. The second-order valence-corrected chi connectivity index (χ2v) is 6.10. The van der Waals surface area contributed by atoms with Crippen LogP contribution in [0.1, 0.15) is 37.2 Å². The summed E-state index contributed by atoms with van der Waals surface area (Å²) in [5.41, 5.74) is 1.01. The second kappa shape index (κ2) is 7.30. The van der Waals surface area contributed by atoms with Crippen LogP contribution in [0.2, 0.25) is 0 Å². The summed E-state index contributed by atoms with van der Waals surface area (Å²) in [5.74, 6) is 0.794. The fourth-order valence-corrected chi connectivity index (χ4v) is 3.10. The Bertz CT molecular complexity index is 620. The zero-order chi connectivity index (χ0) is 16.1. The van der Waals surface area contributed by atoms with E-state index >= 15 is 0 Å². The highest BCUT2D eigenvalue weighted by molar-refractivity contribution is 5.74. The highest BCUT2D eigenvalue weighted by Crippen LogP contribution is 2.20. The predicted molar refractivity (Wildman–Crippen MR) is 86.7 cm³/mol. The van der Waals surface area contributed by atoms with Crippen molar-refractivity contribution in [3.63, 3.8) is 0 Å². The Morgan fingerprint density at radius 1 is 1.48 bits per heavy atom. The minimum absolute atomic E-state index is 0.00869. The molecule has 2 amide bonds. The SMILES string of the molecule is Cc1cnc(CNC(=O)N2CCCC[C@@H]2CCn2ccnc2)[nH]1. The van der Waals surface area contributed by atoms with Crippen LogP contribution < -0.4 is 5.32 Å². The van der Waals surface area contributed by atoms with E-state index in [-0.39, 0.29) is 6.03 Å². The monoisotopic (exact) mass is 316 g/mol. The number of piperidine rings is 1. The van der Waals surface area contributed by atoms with Gasteiger partial charge in [-0.15, -0.1) is 0 Å². The highest BCUT2D eigenvalue weighted by atomic mass is 16.2. The fourth-order valence-electron chi connectivity index (χ4n) is 3.10. The van der Waals surface area contributed by atoms with Gasteiger partial charge in [0, 0.05) is 43.4 Å². The Balaban J connectivity index is 1.53. The van der Waals surface area contributed by atoms with E-state index in [4.69, 9.17) is 0 Å². The lowest BCUT2D eigenvalue weighted by atomic mass is 10.00. The van der Waals surface area contributed by atoms with Gasteiger partial charge in [0.05, 0.1) is 12.9 Å². The van der Waals surface area contributed by atoms with Crippen LogP contribution in [0.3, 0.4) is 0 Å². The van der Waals surface area contributed by atoms with E-state index in [1.165, 1.54) is 6.42 Å². The number of aromatic amines is 1. The quantitative estimate of drug-likeness (QED) is 0.886. The van der Waals surface area contributed by atoms with E-state index < -0.39 is 0 Å². The van der Waals surface area contributed by atoms with Crippen molar-refractivity contribution < 1.29 is 4.79 Å². The molecule has 7 nitrogen and oxygen atoms in total. The summed E-state index contributed by atoms with van der Waals surface area (Å²) in [4.78, 5) is 25.9. The third kappa shape index (κ3) is 4.12. The number of likely N-dealkylation sites (tertiary alicyclic amines) is 1. The Morgan fingerprint density at radius 3 is 3.13 bits per heavy atom. The van der Waals surface area contributed by atoms with Crippen LogP contribution in [-0.2, 0) is 13.1 Å². The van der Waals surface area contributed by atoms with Gasteiger partial charge in [0.15, 0.2) is 0 Å². The van der Waals surface area contributed by atoms with Crippen molar-refractivity contribution in [1.82, 2.24) is 29.7 Å². The number of amides is 2. The van der Waals surface area contributed by atoms with Crippen LogP contribution in [0.15, 0.2) is 24.9 Å². The summed E-state index contributed by atoms with van der Waals surface area (Å²) < 4.78 is 2.07. The van der Waals surface area contributed by atoms with Gasteiger partial charge in [0.1, 0.15) is 5.82 Å². The number of nitrogens with zero attached hydrogens (tertiary/aromatic N) is 4. The molecule has 1 fully saturated rings. The van der Waals surface area contributed by atoms with E-state index in [9.17, 15) is 4.79 Å². The molecule has 3 rings (SSSR count). The van der Waals surface area contributed by atoms with Crippen molar-refractivity contribution in [1.29, 1.82) is 0 Å². The summed E-state index contributed by atoms with van der Waals surface area (Å²) in [6.45, 7) is 4.12. The molecule has 0 bridgehead atoms. The number of aryl methyl sites for hydroxylation is 2.